The van der Waals surface area contributed by atoms with Gasteiger partial charge in [-0.05, 0) is 49.9 Å². The first-order valence-electron chi connectivity index (χ1n) is 10.0. The van der Waals surface area contributed by atoms with Crippen molar-refractivity contribution in [2.24, 2.45) is 5.92 Å². The topological polar surface area (TPSA) is 92.8 Å². The van der Waals surface area contributed by atoms with Gasteiger partial charge in [0.1, 0.15) is 11.3 Å². The molecule has 1 aliphatic carbocycles. The van der Waals surface area contributed by atoms with E-state index < -0.39 is 5.54 Å². The second-order valence-corrected chi connectivity index (χ2v) is 8.55. The number of benzene rings is 2. The maximum atomic E-state index is 12.6. The van der Waals surface area contributed by atoms with Gasteiger partial charge in [-0.2, -0.15) is 5.26 Å². The van der Waals surface area contributed by atoms with Crippen LogP contribution in [-0.4, -0.2) is 39.1 Å². The number of para-hydroxylation sites is 2. The molecular weight excluding hydrogens is 410 g/mol. The minimum absolute atomic E-state index is 0.140. The fourth-order valence-corrected chi connectivity index (χ4v) is 4.27. The van der Waals surface area contributed by atoms with Gasteiger partial charge in [0.05, 0.1) is 24.5 Å². The number of hydrogen-bond acceptors (Lipinski definition) is 6. The van der Waals surface area contributed by atoms with Crippen LogP contribution in [-0.2, 0) is 4.79 Å². The summed E-state index contributed by atoms with van der Waals surface area (Å²) in [6.45, 7) is 1.79. The number of methoxy groups -OCH3 is 1. The van der Waals surface area contributed by atoms with Gasteiger partial charge in [-0.25, -0.2) is 0 Å². The third-order valence-corrected chi connectivity index (χ3v) is 6.28. The molecule has 0 spiro atoms. The number of amides is 1. The summed E-state index contributed by atoms with van der Waals surface area (Å²) in [6, 6.07) is 19.6. The summed E-state index contributed by atoms with van der Waals surface area (Å²) in [5.41, 5.74) is 0.882. The zero-order chi connectivity index (χ0) is 21.8. The number of carbonyl (C=O) groups is 1. The lowest BCUT2D eigenvalue weighted by Crippen LogP contribution is -2.47. The maximum absolute atomic E-state index is 12.6. The summed E-state index contributed by atoms with van der Waals surface area (Å²) in [5.74, 6) is 1.50. The molecule has 158 valence electrons. The average Bonchev–Trinajstić information content (AvgIpc) is 3.58. The van der Waals surface area contributed by atoms with E-state index in [4.69, 9.17) is 4.74 Å². The van der Waals surface area contributed by atoms with Crippen molar-refractivity contribution in [3.8, 4) is 28.9 Å². The monoisotopic (exact) mass is 433 g/mol. The van der Waals surface area contributed by atoms with E-state index >= 15 is 0 Å². The largest absolute Gasteiger partial charge is 0.496 e. The van der Waals surface area contributed by atoms with E-state index in [1.807, 2.05) is 59.2 Å². The Morgan fingerprint density at radius 2 is 1.94 bits per heavy atom. The minimum Gasteiger partial charge on any atom is -0.496 e. The Labute approximate surface area is 185 Å². The van der Waals surface area contributed by atoms with Gasteiger partial charge < -0.3 is 10.1 Å². The third-order valence-electron chi connectivity index (χ3n) is 5.35. The molecule has 4 rings (SSSR count). The van der Waals surface area contributed by atoms with Crippen LogP contribution in [0.4, 0.5) is 0 Å². The Morgan fingerprint density at radius 3 is 2.61 bits per heavy atom. The molecule has 0 radical (unpaired) electrons. The number of rotatable bonds is 8. The number of nitrogens with one attached hydrogen (secondary N) is 1. The zero-order valence-electron chi connectivity index (χ0n) is 17.4. The number of ether oxygens (including phenoxy) is 1. The van der Waals surface area contributed by atoms with Crippen LogP contribution in [0.25, 0.3) is 17.1 Å². The highest BCUT2D eigenvalue weighted by Crippen LogP contribution is 2.39. The highest BCUT2D eigenvalue weighted by molar-refractivity contribution is 7.99. The molecular formula is C23H23N5O2S. The molecule has 1 N–H and O–H groups in total. The number of aromatic nitrogens is 3. The molecule has 0 aliphatic heterocycles. The van der Waals surface area contributed by atoms with Crippen LogP contribution in [0.15, 0.2) is 59.8 Å². The van der Waals surface area contributed by atoms with E-state index in [1.54, 1.807) is 14.0 Å². The standard InChI is InChI=1S/C23H23N5O2S/c1-23(15-24,16-12-13-16)25-20(29)14-31-22-27-26-21(18-10-6-7-11-19(18)30-2)28(22)17-8-4-3-5-9-17/h3-11,16H,12-14H2,1-2H3,(H,25,29)/t23-/m1/s1. The lowest BCUT2D eigenvalue weighted by molar-refractivity contribution is -0.119. The smallest absolute Gasteiger partial charge is 0.231 e. The lowest BCUT2D eigenvalue weighted by Gasteiger charge is -2.22. The molecule has 1 aromatic heterocycles. The van der Waals surface area contributed by atoms with Crippen molar-refractivity contribution in [2.45, 2.75) is 30.5 Å². The Morgan fingerprint density at radius 1 is 1.23 bits per heavy atom. The van der Waals surface area contributed by atoms with Gasteiger partial charge in [0.2, 0.25) is 5.91 Å². The number of hydrogen-bond donors (Lipinski definition) is 1. The van der Waals surface area contributed by atoms with E-state index in [0.717, 1.165) is 24.1 Å². The zero-order valence-corrected chi connectivity index (χ0v) is 18.2. The number of thioether (sulfide) groups is 1. The van der Waals surface area contributed by atoms with Crippen molar-refractivity contribution in [3.63, 3.8) is 0 Å². The highest BCUT2D eigenvalue weighted by Gasteiger charge is 2.43. The molecule has 8 heteroatoms. The predicted molar refractivity (Wildman–Crippen MR) is 119 cm³/mol. The molecule has 1 aliphatic rings. The van der Waals surface area contributed by atoms with Crippen LogP contribution in [0.2, 0.25) is 0 Å². The summed E-state index contributed by atoms with van der Waals surface area (Å²) in [5, 5.41) is 21.7. The SMILES string of the molecule is COc1ccccc1-c1nnc(SCC(=O)N[C@](C)(C#N)C2CC2)n1-c1ccccc1. The third kappa shape index (κ3) is 4.42. The van der Waals surface area contributed by atoms with Gasteiger partial charge in [-0.1, -0.05) is 42.1 Å². The molecule has 1 heterocycles. The second-order valence-electron chi connectivity index (χ2n) is 7.60. The summed E-state index contributed by atoms with van der Waals surface area (Å²) < 4.78 is 7.43. The van der Waals surface area contributed by atoms with E-state index in [-0.39, 0.29) is 17.6 Å². The maximum Gasteiger partial charge on any atom is 0.231 e. The van der Waals surface area contributed by atoms with E-state index in [9.17, 15) is 10.1 Å². The normalized spacial score (nSPS) is 15.0. The Bertz CT molecular complexity index is 1120. The van der Waals surface area contributed by atoms with Crippen LogP contribution in [0.1, 0.15) is 19.8 Å². The van der Waals surface area contributed by atoms with Crippen LogP contribution < -0.4 is 10.1 Å². The number of carbonyl (C=O) groups excluding carboxylic acids is 1. The van der Waals surface area contributed by atoms with Gasteiger partial charge >= 0.3 is 0 Å². The van der Waals surface area contributed by atoms with Crippen molar-refractivity contribution in [1.82, 2.24) is 20.1 Å². The van der Waals surface area contributed by atoms with Crippen molar-refractivity contribution >= 4 is 17.7 Å². The first kappa shape index (κ1) is 20.9. The van der Waals surface area contributed by atoms with Crippen LogP contribution in [0, 0.1) is 17.2 Å². The van der Waals surface area contributed by atoms with Gasteiger partial charge in [0.25, 0.3) is 0 Å². The molecule has 1 fully saturated rings. The van der Waals surface area contributed by atoms with Gasteiger partial charge in [-0.15, -0.1) is 10.2 Å². The minimum atomic E-state index is -0.812. The fraction of sp³-hybridized carbons (Fsp3) is 0.304. The Balaban J connectivity index is 1.62. The summed E-state index contributed by atoms with van der Waals surface area (Å²) in [6.07, 6.45) is 1.95. The highest BCUT2D eigenvalue weighted by atomic mass is 32.2. The van der Waals surface area contributed by atoms with Crippen molar-refractivity contribution in [1.29, 1.82) is 5.26 Å². The summed E-state index contributed by atoms with van der Waals surface area (Å²) in [4.78, 5) is 12.6. The molecule has 3 aromatic rings. The van der Waals surface area contributed by atoms with Crippen molar-refractivity contribution in [2.75, 3.05) is 12.9 Å². The van der Waals surface area contributed by atoms with E-state index in [2.05, 4.69) is 21.6 Å². The van der Waals surface area contributed by atoms with Gasteiger partial charge in [0.15, 0.2) is 11.0 Å². The summed E-state index contributed by atoms with van der Waals surface area (Å²) in [7, 11) is 1.62. The molecule has 2 aromatic carbocycles. The average molecular weight is 434 g/mol. The Hall–Kier alpha value is -3.31. The second kappa shape index (κ2) is 8.82. The van der Waals surface area contributed by atoms with Crippen molar-refractivity contribution in [3.05, 3.63) is 54.6 Å². The van der Waals surface area contributed by atoms with Crippen molar-refractivity contribution < 1.29 is 9.53 Å². The predicted octanol–water partition coefficient (Wildman–Crippen LogP) is 3.84. The van der Waals surface area contributed by atoms with Crippen LogP contribution in [0.3, 0.4) is 0 Å². The summed E-state index contributed by atoms with van der Waals surface area (Å²) >= 11 is 1.29. The number of nitrogens with zero attached hydrogens (tertiary/aromatic N) is 4. The lowest BCUT2D eigenvalue weighted by atomic mass is 9.98. The molecule has 0 saturated heterocycles. The Kier molecular flexibility index (Phi) is 5.96. The van der Waals surface area contributed by atoms with Gasteiger partial charge in [0, 0.05) is 5.69 Å². The fourth-order valence-electron chi connectivity index (χ4n) is 3.51. The molecule has 1 atom stereocenters. The molecule has 1 saturated carbocycles. The molecule has 1 amide bonds. The first-order valence-corrected chi connectivity index (χ1v) is 11.0. The van der Waals surface area contributed by atoms with Crippen LogP contribution >= 0.6 is 11.8 Å². The number of nitriles is 1. The van der Waals surface area contributed by atoms with Gasteiger partial charge in [-0.3, -0.25) is 9.36 Å². The molecule has 0 unspecified atom stereocenters. The van der Waals surface area contributed by atoms with Crippen LogP contribution in [0.5, 0.6) is 5.75 Å². The molecule has 7 nitrogen and oxygen atoms in total. The quantitative estimate of drug-likeness (QED) is 0.543. The van der Waals surface area contributed by atoms with E-state index in [1.165, 1.54) is 11.8 Å². The first-order chi connectivity index (χ1) is 15.1. The van der Waals surface area contributed by atoms with E-state index in [0.29, 0.717) is 16.7 Å². The molecule has 31 heavy (non-hydrogen) atoms. The molecule has 0 bridgehead atoms.